The van der Waals surface area contributed by atoms with Crippen LogP contribution in [0.15, 0.2) is 18.2 Å². The van der Waals surface area contributed by atoms with Gasteiger partial charge in [-0.25, -0.2) is 0 Å². The smallest absolute Gasteiger partial charge is 0.299 e. The van der Waals surface area contributed by atoms with E-state index in [4.69, 9.17) is 27.9 Å². The van der Waals surface area contributed by atoms with Crippen molar-refractivity contribution in [2.24, 2.45) is 0 Å². The van der Waals surface area contributed by atoms with Gasteiger partial charge in [0.05, 0.1) is 6.54 Å². The molecule has 1 heterocycles. The van der Waals surface area contributed by atoms with E-state index in [0.717, 1.165) is 11.6 Å². The maximum atomic E-state index is 5.91. The third-order valence-electron chi connectivity index (χ3n) is 2.61. The standard InChI is InChI=1S/C12H11Cl2N3OS/c13-7-3-8(14)5-10(4-7)18-12-17-16-11(19-12)6-15-9-1-2-9/h3-5,9,15H,1-2,6H2. The number of rotatable bonds is 5. The number of hydrogen-bond donors (Lipinski definition) is 1. The Labute approximate surface area is 124 Å². The highest BCUT2D eigenvalue weighted by Gasteiger charge is 2.20. The van der Waals surface area contributed by atoms with Crippen LogP contribution in [0.3, 0.4) is 0 Å². The molecule has 0 unspecified atom stereocenters. The van der Waals surface area contributed by atoms with Gasteiger partial charge in [0.1, 0.15) is 10.8 Å². The Hall–Kier alpha value is -0.880. The molecule has 4 nitrogen and oxygen atoms in total. The molecule has 0 amide bonds. The summed E-state index contributed by atoms with van der Waals surface area (Å²) in [5, 5.41) is 13.9. The maximum Gasteiger partial charge on any atom is 0.299 e. The summed E-state index contributed by atoms with van der Waals surface area (Å²) in [6.07, 6.45) is 2.51. The van der Waals surface area contributed by atoms with Crippen molar-refractivity contribution in [3.05, 3.63) is 33.3 Å². The third-order valence-corrected chi connectivity index (χ3v) is 3.85. The highest BCUT2D eigenvalue weighted by molar-refractivity contribution is 7.13. The van der Waals surface area contributed by atoms with E-state index in [2.05, 4.69) is 15.5 Å². The zero-order valence-electron chi connectivity index (χ0n) is 9.90. The van der Waals surface area contributed by atoms with Gasteiger partial charge < -0.3 is 10.1 Å². The molecule has 0 spiro atoms. The topological polar surface area (TPSA) is 47.0 Å². The second-order valence-electron chi connectivity index (χ2n) is 4.32. The Balaban J connectivity index is 1.65. The summed E-state index contributed by atoms with van der Waals surface area (Å²) in [6.45, 7) is 0.738. The third kappa shape index (κ3) is 3.79. The van der Waals surface area contributed by atoms with Crippen LogP contribution in [0.5, 0.6) is 10.9 Å². The fourth-order valence-electron chi connectivity index (χ4n) is 1.56. The van der Waals surface area contributed by atoms with Gasteiger partial charge in [0.15, 0.2) is 0 Å². The van der Waals surface area contributed by atoms with Crippen molar-refractivity contribution in [1.29, 1.82) is 0 Å². The summed E-state index contributed by atoms with van der Waals surface area (Å²) in [7, 11) is 0. The van der Waals surface area contributed by atoms with Crippen molar-refractivity contribution in [2.45, 2.75) is 25.4 Å². The normalized spacial score (nSPS) is 14.6. The second kappa shape index (κ2) is 5.63. The molecule has 100 valence electrons. The Morgan fingerprint density at radius 2 is 1.95 bits per heavy atom. The van der Waals surface area contributed by atoms with Gasteiger partial charge in [0.25, 0.3) is 5.19 Å². The first-order valence-corrected chi connectivity index (χ1v) is 7.46. The molecule has 0 aliphatic heterocycles. The van der Waals surface area contributed by atoms with Crippen LogP contribution in [0.1, 0.15) is 17.8 Å². The first-order chi connectivity index (χ1) is 9.19. The monoisotopic (exact) mass is 315 g/mol. The van der Waals surface area contributed by atoms with Gasteiger partial charge in [0.2, 0.25) is 0 Å². The van der Waals surface area contributed by atoms with Crippen LogP contribution in [0, 0.1) is 0 Å². The lowest BCUT2D eigenvalue weighted by molar-refractivity contribution is 0.473. The molecule has 7 heteroatoms. The van der Waals surface area contributed by atoms with Gasteiger partial charge in [-0.3, -0.25) is 0 Å². The SMILES string of the molecule is Clc1cc(Cl)cc(Oc2nnc(CNC3CC3)s2)c1. The molecule has 1 saturated carbocycles. The summed E-state index contributed by atoms with van der Waals surface area (Å²) in [6, 6.07) is 5.69. The molecular formula is C12H11Cl2N3OS. The van der Waals surface area contributed by atoms with E-state index in [0.29, 0.717) is 27.0 Å². The second-order valence-corrected chi connectivity index (χ2v) is 6.22. The predicted molar refractivity (Wildman–Crippen MR) is 76.3 cm³/mol. The van der Waals surface area contributed by atoms with E-state index in [1.165, 1.54) is 24.2 Å². The zero-order chi connectivity index (χ0) is 13.2. The lowest BCUT2D eigenvalue weighted by Gasteiger charge is -2.02. The molecule has 0 bridgehead atoms. The van der Waals surface area contributed by atoms with Gasteiger partial charge in [-0.05, 0) is 31.0 Å². The average molecular weight is 316 g/mol. The van der Waals surface area contributed by atoms with E-state index in [-0.39, 0.29) is 0 Å². The largest absolute Gasteiger partial charge is 0.430 e. The number of halogens is 2. The molecule has 0 saturated heterocycles. The minimum absolute atomic E-state index is 0.492. The number of ether oxygens (including phenoxy) is 1. The molecule has 3 rings (SSSR count). The molecule has 1 aliphatic rings. The lowest BCUT2D eigenvalue weighted by Crippen LogP contribution is -2.14. The highest BCUT2D eigenvalue weighted by Crippen LogP contribution is 2.30. The molecule has 1 fully saturated rings. The van der Waals surface area contributed by atoms with E-state index < -0.39 is 0 Å². The van der Waals surface area contributed by atoms with E-state index in [1.807, 2.05) is 0 Å². The molecule has 1 N–H and O–H groups in total. The molecule has 1 aromatic heterocycles. The Bertz CT molecular complexity index is 566. The summed E-state index contributed by atoms with van der Waals surface area (Å²) in [4.78, 5) is 0. The van der Waals surface area contributed by atoms with Crippen LogP contribution in [0.25, 0.3) is 0 Å². The van der Waals surface area contributed by atoms with Gasteiger partial charge >= 0.3 is 0 Å². The maximum absolute atomic E-state index is 5.91. The Morgan fingerprint density at radius 3 is 2.63 bits per heavy atom. The van der Waals surface area contributed by atoms with Crippen molar-refractivity contribution in [1.82, 2.24) is 15.5 Å². The molecule has 19 heavy (non-hydrogen) atoms. The van der Waals surface area contributed by atoms with Crippen LogP contribution in [-0.4, -0.2) is 16.2 Å². The minimum atomic E-state index is 0.492. The molecule has 2 aromatic rings. The number of nitrogens with one attached hydrogen (secondary N) is 1. The number of aromatic nitrogens is 2. The molecule has 0 radical (unpaired) electrons. The fourth-order valence-corrected chi connectivity index (χ4v) is 2.72. The van der Waals surface area contributed by atoms with Crippen LogP contribution in [-0.2, 0) is 6.54 Å². The van der Waals surface area contributed by atoms with Crippen molar-refractivity contribution in [3.8, 4) is 10.9 Å². The number of hydrogen-bond acceptors (Lipinski definition) is 5. The van der Waals surface area contributed by atoms with E-state index in [9.17, 15) is 0 Å². The lowest BCUT2D eigenvalue weighted by atomic mass is 10.3. The van der Waals surface area contributed by atoms with Crippen molar-refractivity contribution in [3.63, 3.8) is 0 Å². The van der Waals surface area contributed by atoms with Crippen LogP contribution < -0.4 is 10.1 Å². The van der Waals surface area contributed by atoms with Gasteiger partial charge in [0, 0.05) is 16.1 Å². The molecular weight excluding hydrogens is 305 g/mol. The Morgan fingerprint density at radius 1 is 1.21 bits per heavy atom. The summed E-state index contributed by atoms with van der Waals surface area (Å²) >= 11 is 13.2. The molecule has 0 atom stereocenters. The van der Waals surface area contributed by atoms with E-state index >= 15 is 0 Å². The van der Waals surface area contributed by atoms with Crippen molar-refractivity contribution < 1.29 is 4.74 Å². The fraction of sp³-hybridized carbons (Fsp3) is 0.333. The molecule has 1 aliphatic carbocycles. The quantitative estimate of drug-likeness (QED) is 0.909. The van der Waals surface area contributed by atoms with Gasteiger partial charge in [-0.1, -0.05) is 39.6 Å². The first kappa shape index (κ1) is 13.1. The van der Waals surface area contributed by atoms with Crippen LogP contribution in [0.4, 0.5) is 0 Å². The van der Waals surface area contributed by atoms with Gasteiger partial charge in [-0.15, -0.1) is 5.10 Å². The number of nitrogens with zero attached hydrogens (tertiary/aromatic N) is 2. The first-order valence-electron chi connectivity index (χ1n) is 5.89. The zero-order valence-corrected chi connectivity index (χ0v) is 12.2. The highest BCUT2D eigenvalue weighted by atomic mass is 35.5. The summed E-state index contributed by atoms with van der Waals surface area (Å²) in [5.74, 6) is 0.565. The molecule has 1 aromatic carbocycles. The Kier molecular flexibility index (Phi) is 3.88. The average Bonchev–Trinajstić information content (AvgIpc) is 3.06. The summed E-state index contributed by atoms with van der Waals surface area (Å²) in [5.41, 5.74) is 0. The van der Waals surface area contributed by atoms with Gasteiger partial charge in [-0.2, -0.15) is 0 Å². The summed E-state index contributed by atoms with van der Waals surface area (Å²) < 4.78 is 5.59. The van der Waals surface area contributed by atoms with Crippen LogP contribution in [0.2, 0.25) is 10.0 Å². The van der Waals surface area contributed by atoms with Crippen molar-refractivity contribution in [2.75, 3.05) is 0 Å². The van der Waals surface area contributed by atoms with E-state index in [1.54, 1.807) is 18.2 Å². The van der Waals surface area contributed by atoms with Crippen LogP contribution >= 0.6 is 34.5 Å². The number of benzene rings is 1. The minimum Gasteiger partial charge on any atom is -0.430 e. The predicted octanol–water partition coefficient (Wildman–Crippen LogP) is 3.89. The van der Waals surface area contributed by atoms with Crippen molar-refractivity contribution >= 4 is 34.5 Å².